The monoisotopic (exact) mass is 294 g/mol. The molecule has 0 fully saturated rings. The Morgan fingerprint density at radius 2 is 1.70 bits per heavy atom. The van der Waals surface area contributed by atoms with Crippen molar-refractivity contribution in [2.75, 3.05) is 0 Å². The van der Waals surface area contributed by atoms with Crippen molar-refractivity contribution in [2.45, 2.75) is 6.92 Å². The van der Waals surface area contributed by atoms with Gasteiger partial charge in [0.1, 0.15) is 0 Å². The molecule has 2 nitrogen and oxygen atoms in total. The van der Waals surface area contributed by atoms with E-state index in [-0.39, 0.29) is 10.5 Å². The Balaban J connectivity index is 2.35. The summed E-state index contributed by atoms with van der Waals surface area (Å²) in [6, 6.07) is 7.36. The number of hydrogen-bond acceptors (Lipinski definition) is 1. The molecule has 3 aromatic rings. The van der Waals surface area contributed by atoms with Gasteiger partial charge in [0.05, 0.1) is 16.7 Å². The van der Waals surface area contributed by atoms with Crippen molar-refractivity contribution >= 4 is 23.3 Å². The van der Waals surface area contributed by atoms with Crippen LogP contribution in [0.4, 0.5) is 13.2 Å². The van der Waals surface area contributed by atoms with Gasteiger partial charge >= 0.3 is 0 Å². The third-order valence-corrected chi connectivity index (χ3v) is 3.35. The predicted molar refractivity (Wildman–Crippen MR) is 73.1 cm³/mol. The van der Waals surface area contributed by atoms with E-state index in [1.54, 1.807) is 6.07 Å². The number of nitrogens with zero attached hydrogens (tertiary/aromatic N) is 1. The van der Waals surface area contributed by atoms with Crippen LogP contribution < -0.4 is 0 Å². The van der Waals surface area contributed by atoms with Crippen molar-refractivity contribution in [3.05, 3.63) is 58.1 Å². The summed E-state index contributed by atoms with van der Waals surface area (Å²) in [6.45, 7) is 1.92. The second-order valence-corrected chi connectivity index (χ2v) is 4.90. The number of rotatable bonds is 1. The number of imidazole rings is 1. The van der Waals surface area contributed by atoms with E-state index in [0.29, 0.717) is 5.52 Å². The number of nitrogens with one attached hydrogen (secondary N) is 1. The van der Waals surface area contributed by atoms with E-state index in [4.69, 9.17) is 12.2 Å². The lowest BCUT2D eigenvalue weighted by Crippen LogP contribution is -1.99. The molecular formula is C14H9F3N2S. The Hall–Kier alpha value is -2.08. The number of aromatic nitrogens is 2. The van der Waals surface area contributed by atoms with Crippen LogP contribution >= 0.6 is 12.2 Å². The minimum absolute atomic E-state index is 0.140. The minimum Gasteiger partial charge on any atom is -0.330 e. The van der Waals surface area contributed by atoms with Gasteiger partial charge in [-0.2, -0.15) is 0 Å². The largest absolute Gasteiger partial charge is 0.330 e. The average molecular weight is 294 g/mol. The van der Waals surface area contributed by atoms with E-state index >= 15 is 0 Å². The molecule has 1 N–H and O–H groups in total. The van der Waals surface area contributed by atoms with Crippen LogP contribution in [0.5, 0.6) is 0 Å². The third kappa shape index (κ3) is 1.92. The highest BCUT2D eigenvalue weighted by molar-refractivity contribution is 7.71. The van der Waals surface area contributed by atoms with Crippen LogP contribution in [0.15, 0.2) is 30.3 Å². The summed E-state index contributed by atoms with van der Waals surface area (Å²) in [5.74, 6) is -3.98. The van der Waals surface area contributed by atoms with Gasteiger partial charge in [-0.1, -0.05) is 6.07 Å². The summed E-state index contributed by atoms with van der Waals surface area (Å²) in [5.41, 5.74) is 2.59. The molecule has 0 spiro atoms. The molecule has 0 atom stereocenters. The lowest BCUT2D eigenvalue weighted by Gasteiger charge is -2.06. The molecule has 0 bridgehead atoms. The number of fused-ring (bicyclic) bond motifs is 1. The number of halogens is 3. The zero-order valence-corrected chi connectivity index (χ0v) is 11.2. The summed E-state index contributed by atoms with van der Waals surface area (Å²) in [4.78, 5) is 2.96. The van der Waals surface area contributed by atoms with Gasteiger partial charge in [0.25, 0.3) is 0 Å². The lowest BCUT2D eigenvalue weighted by molar-refractivity contribution is 0.446. The van der Waals surface area contributed by atoms with Crippen LogP contribution in [0.1, 0.15) is 5.56 Å². The van der Waals surface area contributed by atoms with E-state index in [1.165, 1.54) is 4.57 Å². The Morgan fingerprint density at radius 1 is 1.05 bits per heavy atom. The average Bonchev–Trinajstić information content (AvgIpc) is 2.70. The quantitative estimate of drug-likeness (QED) is 0.520. The Labute approximate surface area is 117 Å². The van der Waals surface area contributed by atoms with E-state index in [0.717, 1.165) is 23.2 Å². The molecule has 2 aromatic carbocycles. The molecule has 1 heterocycles. The van der Waals surface area contributed by atoms with E-state index in [2.05, 4.69) is 4.98 Å². The van der Waals surface area contributed by atoms with Gasteiger partial charge in [0, 0.05) is 12.1 Å². The SMILES string of the molecule is Cc1ccc2c(c1)[nH]c(=S)n2-c1cc(F)c(F)c(F)c1. The standard InChI is InChI=1S/C14H9F3N2S/c1-7-2-3-12-11(4-7)18-14(20)19(12)8-5-9(15)13(17)10(16)6-8/h2-6H,1H3,(H,18,20). The molecule has 3 rings (SSSR count). The van der Waals surface area contributed by atoms with Crippen molar-refractivity contribution in [1.29, 1.82) is 0 Å². The van der Waals surface area contributed by atoms with Crippen molar-refractivity contribution in [1.82, 2.24) is 9.55 Å². The zero-order valence-electron chi connectivity index (χ0n) is 10.4. The molecule has 0 saturated heterocycles. The van der Waals surface area contributed by atoms with E-state index < -0.39 is 17.5 Å². The first-order valence-electron chi connectivity index (χ1n) is 5.83. The minimum atomic E-state index is -1.49. The van der Waals surface area contributed by atoms with Crippen LogP contribution in [0.3, 0.4) is 0 Å². The lowest BCUT2D eigenvalue weighted by atomic mass is 10.2. The van der Waals surface area contributed by atoms with Gasteiger partial charge in [0.2, 0.25) is 0 Å². The maximum absolute atomic E-state index is 13.4. The van der Waals surface area contributed by atoms with Crippen LogP contribution in [-0.4, -0.2) is 9.55 Å². The molecule has 0 radical (unpaired) electrons. The predicted octanol–water partition coefficient (Wildman–Crippen LogP) is 4.41. The summed E-state index contributed by atoms with van der Waals surface area (Å²) in [5, 5.41) is 0. The molecule has 1 aromatic heterocycles. The highest BCUT2D eigenvalue weighted by Crippen LogP contribution is 2.23. The molecule has 20 heavy (non-hydrogen) atoms. The van der Waals surface area contributed by atoms with Crippen LogP contribution in [-0.2, 0) is 0 Å². The second kappa shape index (κ2) is 4.49. The normalized spacial score (nSPS) is 11.2. The highest BCUT2D eigenvalue weighted by atomic mass is 32.1. The van der Waals surface area contributed by atoms with Gasteiger partial charge in [-0.3, -0.25) is 4.57 Å². The van der Waals surface area contributed by atoms with E-state index in [1.807, 2.05) is 19.1 Å². The van der Waals surface area contributed by atoms with Crippen LogP contribution in [0.25, 0.3) is 16.7 Å². The molecule has 0 amide bonds. The topological polar surface area (TPSA) is 20.7 Å². The number of hydrogen-bond donors (Lipinski definition) is 1. The molecule has 0 aliphatic rings. The smallest absolute Gasteiger partial charge is 0.194 e. The second-order valence-electron chi connectivity index (χ2n) is 4.51. The van der Waals surface area contributed by atoms with Gasteiger partial charge in [-0.25, -0.2) is 13.2 Å². The first-order valence-corrected chi connectivity index (χ1v) is 6.24. The number of benzene rings is 2. The number of aryl methyl sites for hydroxylation is 1. The molecular weight excluding hydrogens is 285 g/mol. The maximum Gasteiger partial charge on any atom is 0.194 e. The first-order chi connectivity index (χ1) is 9.47. The molecule has 102 valence electrons. The fourth-order valence-electron chi connectivity index (χ4n) is 2.15. The third-order valence-electron chi connectivity index (χ3n) is 3.06. The maximum atomic E-state index is 13.4. The molecule has 0 aliphatic heterocycles. The van der Waals surface area contributed by atoms with Crippen molar-refractivity contribution in [2.24, 2.45) is 0 Å². The van der Waals surface area contributed by atoms with Gasteiger partial charge < -0.3 is 4.98 Å². The fourth-order valence-corrected chi connectivity index (χ4v) is 2.47. The first kappa shape index (κ1) is 12.9. The van der Waals surface area contributed by atoms with Crippen LogP contribution in [0, 0.1) is 29.1 Å². The Bertz CT molecular complexity index is 857. The molecule has 0 aliphatic carbocycles. The van der Waals surface area contributed by atoms with Crippen molar-refractivity contribution in [3.8, 4) is 5.69 Å². The molecule has 6 heteroatoms. The van der Waals surface area contributed by atoms with Crippen molar-refractivity contribution < 1.29 is 13.2 Å². The van der Waals surface area contributed by atoms with Gasteiger partial charge in [-0.05, 0) is 36.8 Å². The summed E-state index contributed by atoms with van der Waals surface area (Å²) < 4.78 is 41.5. The Morgan fingerprint density at radius 3 is 2.35 bits per heavy atom. The highest BCUT2D eigenvalue weighted by Gasteiger charge is 2.14. The molecule has 0 saturated carbocycles. The zero-order chi connectivity index (χ0) is 14.4. The number of aromatic amines is 1. The van der Waals surface area contributed by atoms with Crippen molar-refractivity contribution in [3.63, 3.8) is 0 Å². The van der Waals surface area contributed by atoms with Gasteiger partial charge in [-0.15, -0.1) is 0 Å². The fraction of sp³-hybridized carbons (Fsp3) is 0.0714. The van der Waals surface area contributed by atoms with Crippen LogP contribution in [0.2, 0.25) is 0 Å². The summed E-state index contributed by atoms with van der Waals surface area (Å²) >= 11 is 5.17. The van der Waals surface area contributed by atoms with Gasteiger partial charge in [0.15, 0.2) is 22.2 Å². The van der Waals surface area contributed by atoms with E-state index in [9.17, 15) is 13.2 Å². The molecule has 0 unspecified atom stereocenters. The Kier molecular flexibility index (Phi) is 2.90. The summed E-state index contributed by atoms with van der Waals surface area (Å²) in [6.07, 6.45) is 0. The summed E-state index contributed by atoms with van der Waals surface area (Å²) in [7, 11) is 0. The number of H-pyrrole nitrogens is 1.